The fourth-order valence-corrected chi connectivity index (χ4v) is 4.07. The average Bonchev–Trinajstić information content (AvgIpc) is 3.19. The number of rotatable bonds is 12. The number of alkyl halides is 4. The Hall–Kier alpha value is -2.39. The molecule has 2 aromatic rings. The summed E-state index contributed by atoms with van der Waals surface area (Å²) in [7, 11) is 0. The van der Waals surface area contributed by atoms with Gasteiger partial charge in [-0.25, -0.2) is 14.2 Å². The van der Waals surface area contributed by atoms with Crippen LogP contribution in [0.3, 0.4) is 0 Å². The van der Waals surface area contributed by atoms with E-state index in [1.54, 1.807) is 6.07 Å². The lowest BCUT2D eigenvalue weighted by molar-refractivity contribution is -0.152. The standard InChI is InChI=1S/C18H27ClF3N.C8H6FNO3/c1-2-3-4-5-6-7-8-9-13-23-14-15-11-10-12-16(17(15)19)18(20,21)22;9-8(7(11)12)4-13-6-5(8)2-1-3-10-6/h10-12,23H,2-9,13-14H2,1H3;1-3H,4H2,(H,11,12). The molecule has 200 valence electrons. The van der Waals surface area contributed by atoms with Gasteiger partial charge in [-0.1, -0.05) is 75.6 Å². The number of pyridine rings is 1. The van der Waals surface area contributed by atoms with E-state index in [-0.39, 0.29) is 16.5 Å². The molecule has 2 heterocycles. The zero-order valence-electron chi connectivity index (χ0n) is 20.3. The van der Waals surface area contributed by atoms with Crippen molar-refractivity contribution in [3.8, 4) is 5.88 Å². The third-order valence-corrected chi connectivity index (χ3v) is 6.30. The minimum Gasteiger partial charge on any atom is -0.479 e. The summed E-state index contributed by atoms with van der Waals surface area (Å²) < 4.78 is 56.8. The SMILES string of the molecule is CCCCCCCCCCNCc1cccc(C(F)(F)F)c1Cl.O=C(O)C1(F)COc2ncccc21. The van der Waals surface area contributed by atoms with Gasteiger partial charge in [-0.15, -0.1) is 0 Å². The number of carbonyl (C=O) groups is 1. The third kappa shape index (κ3) is 8.62. The molecule has 1 aliphatic heterocycles. The molecule has 1 aromatic carbocycles. The topological polar surface area (TPSA) is 71.5 Å². The van der Waals surface area contributed by atoms with Crippen molar-refractivity contribution in [3.63, 3.8) is 0 Å². The lowest BCUT2D eigenvalue weighted by atomic mass is 10.0. The molecule has 0 amide bonds. The van der Waals surface area contributed by atoms with Crippen LogP contribution in [0.25, 0.3) is 0 Å². The van der Waals surface area contributed by atoms with Gasteiger partial charge in [0.2, 0.25) is 5.88 Å². The Morgan fingerprint density at radius 2 is 1.78 bits per heavy atom. The molecule has 2 N–H and O–H groups in total. The highest BCUT2D eigenvalue weighted by Gasteiger charge is 2.49. The van der Waals surface area contributed by atoms with Crippen LogP contribution in [0.1, 0.15) is 75.0 Å². The van der Waals surface area contributed by atoms with Crippen molar-refractivity contribution in [2.45, 2.75) is 76.7 Å². The Morgan fingerprint density at radius 1 is 1.11 bits per heavy atom. The van der Waals surface area contributed by atoms with E-state index >= 15 is 0 Å². The van der Waals surface area contributed by atoms with Crippen LogP contribution in [-0.4, -0.2) is 29.2 Å². The van der Waals surface area contributed by atoms with Crippen molar-refractivity contribution >= 4 is 17.6 Å². The number of halogens is 5. The van der Waals surface area contributed by atoms with Gasteiger partial charge in [-0.2, -0.15) is 13.2 Å². The number of carboxylic acids is 1. The minimum atomic E-state index is -4.40. The quantitative estimate of drug-likeness (QED) is 0.221. The van der Waals surface area contributed by atoms with Gasteiger partial charge in [-0.3, -0.25) is 0 Å². The van der Waals surface area contributed by atoms with E-state index in [2.05, 4.69) is 17.2 Å². The van der Waals surface area contributed by atoms with E-state index in [4.69, 9.17) is 21.4 Å². The van der Waals surface area contributed by atoms with Crippen molar-refractivity contribution < 1.29 is 32.2 Å². The van der Waals surface area contributed by atoms with Crippen molar-refractivity contribution in [1.82, 2.24) is 10.3 Å². The number of benzene rings is 1. The molecule has 36 heavy (non-hydrogen) atoms. The largest absolute Gasteiger partial charge is 0.479 e. The number of fused-ring (bicyclic) bond motifs is 1. The molecule has 0 radical (unpaired) electrons. The average molecular weight is 533 g/mol. The number of unbranched alkanes of at least 4 members (excludes halogenated alkanes) is 7. The smallest absolute Gasteiger partial charge is 0.417 e. The summed E-state index contributed by atoms with van der Waals surface area (Å²) in [6.07, 6.45) is 6.96. The molecule has 0 aliphatic carbocycles. The first-order valence-corrected chi connectivity index (χ1v) is 12.5. The van der Waals surface area contributed by atoms with Gasteiger partial charge in [0.1, 0.15) is 6.61 Å². The molecule has 3 rings (SSSR count). The lowest BCUT2D eigenvalue weighted by Gasteiger charge is -2.13. The summed E-state index contributed by atoms with van der Waals surface area (Å²) >= 11 is 5.86. The molecule has 1 atom stereocenters. The van der Waals surface area contributed by atoms with Crippen LogP contribution in [0.5, 0.6) is 5.88 Å². The number of nitrogens with one attached hydrogen (secondary N) is 1. The molecule has 0 saturated carbocycles. The second-order valence-electron chi connectivity index (χ2n) is 8.68. The lowest BCUT2D eigenvalue weighted by Crippen LogP contribution is -2.32. The summed E-state index contributed by atoms with van der Waals surface area (Å²) in [6, 6.07) is 6.90. The van der Waals surface area contributed by atoms with Crippen LogP contribution < -0.4 is 10.1 Å². The number of carboxylic acid groups (broad SMARTS) is 1. The molecule has 0 saturated heterocycles. The molecule has 1 aliphatic rings. The van der Waals surface area contributed by atoms with Gasteiger partial charge in [0.15, 0.2) is 0 Å². The van der Waals surface area contributed by atoms with E-state index in [0.29, 0.717) is 12.1 Å². The number of hydrogen-bond donors (Lipinski definition) is 2. The van der Waals surface area contributed by atoms with E-state index in [0.717, 1.165) is 25.5 Å². The van der Waals surface area contributed by atoms with Gasteiger partial charge in [0.05, 0.1) is 16.1 Å². The van der Waals surface area contributed by atoms with Crippen molar-refractivity contribution in [2.75, 3.05) is 13.2 Å². The van der Waals surface area contributed by atoms with Crippen LogP contribution in [0.4, 0.5) is 17.6 Å². The number of nitrogens with zero attached hydrogens (tertiary/aromatic N) is 1. The maximum absolute atomic E-state index is 13.7. The van der Waals surface area contributed by atoms with Crippen LogP contribution in [0.15, 0.2) is 36.5 Å². The molecular weight excluding hydrogens is 500 g/mol. The van der Waals surface area contributed by atoms with Crippen molar-refractivity contribution in [3.05, 3.63) is 58.2 Å². The summed E-state index contributed by atoms with van der Waals surface area (Å²) in [5.41, 5.74) is -2.71. The highest BCUT2D eigenvalue weighted by atomic mass is 35.5. The number of aromatic nitrogens is 1. The maximum Gasteiger partial charge on any atom is 0.417 e. The van der Waals surface area contributed by atoms with Gasteiger partial charge < -0.3 is 15.2 Å². The second kappa shape index (κ2) is 14.4. The highest BCUT2D eigenvalue weighted by Crippen LogP contribution is 2.38. The van der Waals surface area contributed by atoms with E-state index < -0.39 is 30.0 Å². The van der Waals surface area contributed by atoms with Gasteiger partial charge in [-0.05, 0) is 36.7 Å². The Labute approximate surface area is 214 Å². The van der Waals surface area contributed by atoms with Crippen LogP contribution in [0, 0.1) is 0 Å². The number of ether oxygens (including phenoxy) is 1. The Balaban J connectivity index is 0.000000293. The fourth-order valence-electron chi connectivity index (χ4n) is 3.77. The van der Waals surface area contributed by atoms with Crippen LogP contribution in [0.2, 0.25) is 5.02 Å². The van der Waals surface area contributed by atoms with Gasteiger partial charge >= 0.3 is 12.1 Å². The van der Waals surface area contributed by atoms with Crippen molar-refractivity contribution in [2.24, 2.45) is 0 Å². The monoisotopic (exact) mass is 532 g/mol. The molecular formula is C26H33ClF4N2O3. The second-order valence-corrected chi connectivity index (χ2v) is 9.06. The highest BCUT2D eigenvalue weighted by molar-refractivity contribution is 6.32. The first-order valence-electron chi connectivity index (χ1n) is 12.2. The molecule has 10 heteroatoms. The zero-order valence-corrected chi connectivity index (χ0v) is 21.1. The van der Waals surface area contributed by atoms with Crippen LogP contribution >= 0.6 is 11.6 Å². The van der Waals surface area contributed by atoms with Crippen molar-refractivity contribution in [1.29, 1.82) is 0 Å². The summed E-state index contributed by atoms with van der Waals surface area (Å²) in [5.74, 6) is -1.48. The molecule has 1 unspecified atom stereocenters. The summed E-state index contributed by atoms with van der Waals surface area (Å²) in [4.78, 5) is 14.3. The van der Waals surface area contributed by atoms with E-state index in [1.807, 2.05) is 0 Å². The maximum atomic E-state index is 13.7. The number of hydrogen-bond acceptors (Lipinski definition) is 4. The predicted molar refractivity (Wildman–Crippen MR) is 131 cm³/mol. The fraction of sp³-hybridized carbons (Fsp3) is 0.538. The van der Waals surface area contributed by atoms with E-state index in [1.165, 1.54) is 62.9 Å². The van der Waals surface area contributed by atoms with E-state index in [9.17, 15) is 22.4 Å². The zero-order chi connectivity index (χ0) is 26.6. The van der Waals surface area contributed by atoms with Gasteiger partial charge in [0.25, 0.3) is 5.67 Å². The molecule has 1 aromatic heterocycles. The minimum absolute atomic E-state index is 0.0116. The first kappa shape index (κ1) is 29.8. The Kier molecular flexibility index (Phi) is 11.9. The molecule has 5 nitrogen and oxygen atoms in total. The normalized spacial score (nSPS) is 16.6. The summed E-state index contributed by atoms with van der Waals surface area (Å²) in [5, 5.41) is 11.6. The molecule has 0 bridgehead atoms. The molecule has 0 fully saturated rings. The third-order valence-electron chi connectivity index (χ3n) is 5.85. The predicted octanol–water partition coefficient (Wildman–Crippen LogP) is 7.31. The first-order chi connectivity index (χ1) is 17.1. The Bertz CT molecular complexity index is 974. The number of aliphatic carboxylic acids is 1. The molecule has 0 spiro atoms. The van der Waals surface area contributed by atoms with Crippen LogP contribution in [-0.2, 0) is 23.2 Å². The van der Waals surface area contributed by atoms with Gasteiger partial charge in [0, 0.05) is 12.7 Å². The summed E-state index contributed by atoms with van der Waals surface area (Å²) in [6.45, 7) is 2.89. The Morgan fingerprint density at radius 3 is 2.42 bits per heavy atom.